The van der Waals surface area contributed by atoms with Gasteiger partial charge in [0.15, 0.2) is 6.29 Å². The molecule has 0 aromatic heterocycles. The normalized spacial score (nSPS) is 29.4. The predicted molar refractivity (Wildman–Crippen MR) is 45.9 cm³/mol. The molecule has 1 rings (SSSR count). The highest BCUT2D eigenvalue weighted by molar-refractivity contribution is 9.12. The van der Waals surface area contributed by atoms with Crippen molar-refractivity contribution >= 4 is 28.1 Å². The Hall–Kier alpha value is -0.880. The van der Waals surface area contributed by atoms with E-state index < -0.39 is 11.7 Å². The van der Waals surface area contributed by atoms with E-state index >= 15 is 0 Å². The molecule has 1 atom stereocenters. The third kappa shape index (κ3) is 1.49. The van der Waals surface area contributed by atoms with Gasteiger partial charge in [0.1, 0.15) is 4.48 Å². The van der Waals surface area contributed by atoms with E-state index in [2.05, 4.69) is 26.6 Å². The molecule has 12 heavy (non-hydrogen) atoms. The van der Waals surface area contributed by atoms with Gasteiger partial charge in [0.05, 0.1) is 0 Å². The molecule has 1 unspecified atom stereocenters. The third-order valence-corrected chi connectivity index (χ3v) is 2.38. The van der Waals surface area contributed by atoms with Gasteiger partial charge in [-0.3, -0.25) is 15.3 Å². The summed E-state index contributed by atoms with van der Waals surface area (Å²) in [6, 6.07) is 0. The number of halogens is 1. The summed E-state index contributed by atoms with van der Waals surface area (Å²) in [6.45, 7) is 1.65. The van der Waals surface area contributed by atoms with Crippen LogP contribution in [0.15, 0.2) is 10.2 Å². The molecule has 1 heterocycles. The smallest absolute Gasteiger partial charge is 0.263 e. The summed E-state index contributed by atoms with van der Waals surface area (Å²) in [5, 5.41) is 4.91. The summed E-state index contributed by atoms with van der Waals surface area (Å²) in [7, 11) is 0. The molecule has 1 aliphatic heterocycles. The number of nitrogens with one attached hydrogen (secondary N) is 2. The minimum atomic E-state index is -1.47. The molecular formula is C6H8BrN3O2. The minimum absolute atomic E-state index is 0.352. The van der Waals surface area contributed by atoms with Gasteiger partial charge in [-0.2, -0.15) is 0 Å². The van der Waals surface area contributed by atoms with Gasteiger partial charge in [-0.25, -0.2) is 0 Å². The van der Waals surface area contributed by atoms with E-state index in [1.165, 1.54) is 0 Å². The van der Waals surface area contributed by atoms with Gasteiger partial charge < -0.3 is 10.6 Å². The summed E-state index contributed by atoms with van der Waals surface area (Å²) in [6.07, 6.45) is 0.438. The Kier molecular flexibility index (Phi) is 2.20. The maximum Gasteiger partial charge on any atom is 0.263 e. The van der Waals surface area contributed by atoms with Crippen LogP contribution in [-0.4, -0.2) is 18.0 Å². The lowest BCUT2D eigenvalue weighted by Crippen LogP contribution is -2.68. The van der Waals surface area contributed by atoms with Gasteiger partial charge in [0, 0.05) is 5.70 Å². The monoisotopic (exact) mass is 233 g/mol. The van der Waals surface area contributed by atoms with Gasteiger partial charge in [0.2, 0.25) is 5.79 Å². The van der Waals surface area contributed by atoms with Gasteiger partial charge in [-0.15, -0.1) is 0 Å². The SMILES string of the molecule is CC1=C(Br)C(=O)NC(N)(C=O)N1. The predicted octanol–water partition coefficient (Wildman–Crippen LogP) is -0.856. The molecule has 6 heteroatoms. The van der Waals surface area contributed by atoms with Crippen LogP contribution in [0.2, 0.25) is 0 Å². The lowest BCUT2D eigenvalue weighted by Gasteiger charge is -2.31. The molecule has 66 valence electrons. The van der Waals surface area contributed by atoms with Crippen LogP contribution in [0, 0.1) is 0 Å². The van der Waals surface area contributed by atoms with Crippen molar-refractivity contribution in [3.8, 4) is 0 Å². The number of carbonyl (C=O) groups excluding carboxylic acids is 2. The highest BCUT2D eigenvalue weighted by Gasteiger charge is 2.32. The highest BCUT2D eigenvalue weighted by atomic mass is 79.9. The number of hydrogen-bond donors (Lipinski definition) is 3. The van der Waals surface area contributed by atoms with Crippen molar-refractivity contribution in [2.45, 2.75) is 12.7 Å². The molecule has 0 aromatic carbocycles. The zero-order valence-corrected chi connectivity index (χ0v) is 7.94. The summed E-state index contributed by atoms with van der Waals surface area (Å²) in [5.74, 6) is -1.88. The number of hydrogen-bond acceptors (Lipinski definition) is 4. The van der Waals surface area contributed by atoms with Crippen molar-refractivity contribution in [3.63, 3.8) is 0 Å². The molecule has 1 aliphatic rings. The zero-order valence-electron chi connectivity index (χ0n) is 6.35. The molecule has 0 radical (unpaired) electrons. The average molecular weight is 234 g/mol. The van der Waals surface area contributed by atoms with E-state index in [0.29, 0.717) is 16.5 Å². The van der Waals surface area contributed by atoms with Gasteiger partial charge >= 0.3 is 0 Å². The van der Waals surface area contributed by atoms with E-state index in [0.717, 1.165) is 0 Å². The van der Waals surface area contributed by atoms with Crippen LogP contribution in [0.25, 0.3) is 0 Å². The molecule has 0 saturated carbocycles. The lowest BCUT2D eigenvalue weighted by molar-refractivity contribution is -0.125. The van der Waals surface area contributed by atoms with Crippen molar-refractivity contribution < 1.29 is 9.59 Å². The quantitative estimate of drug-likeness (QED) is 0.515. The molecule has 4 N–H and O–H groups in total. The summed E-state index contributed by atoms with van der Waals surface area (Å²) in [5.41, 5.74) is 5.97. The Bertz CT molecular complexity index is 276. The number of amides is 1. The second-order valence-corrected chi connectivity index (χ2v) is 3.30. The van der Waals surface area contributed by atoms with Crippen LogP contribution in [0.3, 0.4) is 0 Å². The molecule has 0 bridgehead atoms. The van der Waals surface area contributed by atoms with Gasteiger partial charge in [-0.1, -0.05) is 0 Å². The highest BCUT2D eigenvalue weighted by Crippen LogP contribution is 2.15. The number of rotatable bonds is 1. The van der Waals surface area contributed by atoms with Crippen LogP contribution in [0.5, 0.6) is 0 Å². The van der Waals surface area contributed by atoms with Crippen LogP contribution in [0.1, 0.15) is 6.92 Å². The Labute approximate surface area is 77.5 Å². The first kappa shape index (κ1) is 9.21. The van der Waals surface area contributed by atoms with Crippen molar-refractivity contribution in [1.29, 1.82) is 0 Å². The number of nitrogens with two attached hydrogens (primary N) is 1. The fourth-order valence-corrected chi connectivity index (χ4v) is 1.07. The van der Waals surface area contributed by atoms with Crippen LogP contribution >= 0.6 is 15.9 Å². The minimum Gasteiger partial charge on any atom is -0.347 e. The summed E-state index contributed by atoms with van der Waals surface area (Å²) in [4.78, 5) is 21.5. The van der Waals surface area contributed by atoms with Crippen molar-refractivity contribution in [1.82, 2.24) is 10.6 Å². The van der Waals surface area contributed by atoms with E-state index in [4.69, 9.17) is 5.73 Å². The van der Waals surface area contributed by atoms with Crippen LogP contribution in [0.4, 0.5) is 0 Å². The molecule has 0 saturated heterocycles. The van der Waals surface area contributed by atoms with E-state index in [1.54, 1.807) is 6.92 Å². The topological polar surface area (TPSA) is 84.2 Å². The maximum absolute atomic E-state index is 11.1. The molecule has 0 fully saturated rings. The molecule has 5 nitrogen and oxygen atoms in total. The fourth-order valence-electron chi connectivity index (χ4n) is 0.868. The largest absolute Gasteiger partial charge is 0.347 e. The fraction of sp³-hybridized carbons (Fsp3) is 0.333. The Balaban J connectivity index is 2.99. The zero-order chi connectivity index (χ0) is 9.35. The van der Waals surface area contributed by atoms with Crippen molar-refractivity contribution in [3.05, 3.63) is 10.2 Å². The van der Waals surface area contributed by atoms with E-state index in [1.807, 2.05) is 0 Å². The van der Waals surface area contributed by atoms with E-state index in [-0.39, 0.29) is 0 Å². The molecular weight excluding hydrogens is 226 g/mol. The standard InChI is InChI=1S/C6H8BrN3O2/c1-3-4(7)5(12)10-6(8,2-11)9-3/h2,9H,8H2,1H3,(H,10,12). The van der Waals surface area contributed by atoms with Crippen LogP contribution < -0.4 is 16.4 Å². The lowest BCUT2D eigenvalue weighted by atomic mass is 10.2. The van der Waals surface area contributed by atoms with Gasteiger partial charge in [-0.05, 0) is 22.9 Å². The summed E-state index contributed by atoms with van der Waals surface area (Å²) >= 11 is 3.03. The van der Waals surface area contributed by atoms with Crippen LogP contribution in [-0.2, 0) is 9.59 Å². The molecule has 1 amide bonds. The number of allylic oxidation sites excluding steroid dienone is 1. The second kappa shape index (κ2) is 2.87. The van der Waals surface area contributed by atoms with Gasteiger partial charge in [0.25, 0.3) is 5.91 Å². The Morgan fingerprint density at radius 3 is 2.58 bits per heavy atom. The molecule has 0 aromatic rings. The van der Waals surface area contributed by atoms with Crippen molar-refractivity contribution in [2.24, 2.45) is 5.73 Å². The number of aldehydes is 1. The molecule has 0 aliphatic carbocycles. The third-order valence-electron chi connectivity index (χ3n) is 1.43. The van der Waals surface area contributed by atoms with Crippen molar-refractivity contribution in [2.75, 3.05) is 0 Å². The Morgan fingerprint density at radius 1 is 1.58 bits per heavy atom. The maximum atomic E-state index is 11.1. The second-order valence-electron chi connectivity index (χ2n) is 2.50. The Morgan fingerprint density at radius 2 is 2.17 bits per heavy atom. The number of carbonyl (C=O) groups is 2. The first-order valence-electron chi connectivity index (χ1n) is 3.21. The summed E-state index contributed by atoms with van der Waals surface area (Å²) < 4.78 is 0.352. The average Bonchev–Trinajstić information content (AvgIpc) is 2.00. The first-order valence-corrected chi connectivity index (χ1v) is 4.00. The van der Waals surface area contributed by atoms with E-state index in [9.17, 15) is 9.59 Å². The first-order chi connectivity index (χ1) is 5.48. The molecule has 0 spiro atoms.